The van der Waals surface area contributed by atoms with Crippen LogP contribution in [0.25, 0.3) is 22.4 Å². The fourth-order valence-corrected chi connectivity index (χ4v) is 2.20. The van der Waals surface area contributed by atoms with Gasteiger partial charge in [-0.15, -0.1) is 0 Å². The molecule has 0 spiro atoms. The molecule has 19 heavy (non-hydrogen) atoms. The van der Waals surface area contributed by atoms with Crippen LogP contribution in [-0.2, 0) is 0 Å². The molecule has 2 aromatic carbocycles. The Bertz CT molecular complexity index is 721. The minimum Gasteiger partial charge on any atom is -0.494 e. The third kappa shape index (κ3) is 1.94. The average molecular weight is 277 g/mol. The highest BCUT2D eigenvalue weighted by Gasteiger charge is 2.15. The summed E-state index contributed by atoms with van der Waals surface area (Å²) in [5, 5.41) is -0.00148. The van der Waals surface area contributed by atoms with Crippen LogP contribution in [0.15, 0.2) is 36.4 Å². The fraction of sp³-hybridized carbons (Fsp3) is 0.0714. The maximum atomic E-state index is 13.9. The molecule has 0 amide bonds. The van der Waals surface area contributed by atoms with Crippen LogP contribution < -0.4 is 4.74 Å². The van der Waals surface area contributed by atoms with Crippen LogP contribution in [-0.4, -0.2) is 17.1 Å². The number of hydrogen-bond acceptors (Lipinski definition) is 2. The molecule has 3 nitrogen and oxygen atoms in total. The topological polar surface area (TPSA) is 37.9 Å². The van der Waals surface area contributed by atoms with E-state index in [1.165, 1.54) is 13.2 Å². The van der Waals surface area contributed by atoms with Crippen LogP contribution in [0.5, 0.6) is 5.75 Å². The van der Waals surface area contributed by atoms with Gasteiger partial charge in [0.05, 0.1) is 23.2 Å². The van der Waals surface area contributed by atoms with Crippen molar-refractivity contribution in [1.82, 2.24) is 9.97 Å². The number of para-hydroxylation sites is 2. The number of H-pyrrole nitrogens is 1. The van der Waals surface area contributed by atoms with Gasteiger partial charge in [-0.25, -0.2) is 9.37 Å². The Morgan fingerprint density at radius 3 is 2.74 bits per heavy atom. The molecule has 5 heteroatoms. The second kappa shape index (κ2) is 4.55. The summed E-state index contributed by atoms with van der Waals surface area (Å²) >= 11 is 6.02. The van der Waals surface area contributed by atoms with Crippen molar-refractivity contribution in [2.75, 3.05) is 7.11 Å². The zero-order valence-electron chi connectivity index (χ0n) is 10.1. The Morgan fingerprint density at radius 1 is 1.21 bits per heavy atom. The Hall–Kier alpha value is -2.07. The molecule has 0 bridgehead atoms. The highest BCUT2D eigenvalue weighted by atomic mass is 35.5. The summed E-state index contributed by atoms with van der Waals surface area (Å²) in [6.07, 6.45) is 0. The summed E-state index contributed by atoms with van der Waals surface area (Å²) in [6, 6.07) is 10.8. The van der Waals surface area contributed by atoms with E-state index in [1.54, 1.807) is 6.07 Å². The van der Waals surface area contributed by atoms with Crippen LogP contribution in [0.3, 0.4) is 0 Å². The number of halogens is 2. The van der Waals surface area contributed by atoms with E-state index in [4.69, 9.17) is 16.3 Å². The zero-order chi connectivity index (χ0) is 13.4. The number of aromatic amines is 1. The monoisotopic (exact) mass is 276 g/mol. The highest BCUT2D eigenvalue weighted by molar-refractivity contribution is 6.33. The molecule has 0 aliphatic rings. The Balaban J connectivity index is 2.18. The maximum absolute atomic E-state index is 13.9. The number of hydrogen-bond donors (Lipinski definition) is 1. The predicted molar refractivity (Wildman–Crippen MR) is 73.0 cm³/mol. The number of ether oxygens (including phenoxy) is 1. The van der Waals surface area contributed by atoms with Crippen molar-refractivity contribution in [2.24, 2.45) is 0 Å². The van der Waals surface area contributed by atoms with Gasteiger partial charge in [-0.05, 0) is 24.3 Å². The van der Waals surface area contributed by atoms with Gasteiger partial charge in [0.25, 0.3) is 0 Å². The molecule has 0 atom stereocenters. The molecule has 0 radical (unpaired) electrons. The van der Waals surface area contributed by atoms with E-state index in [0.717, 1.165) is 11.0 Å². The largest absolute Gasteiger partial charge is 0.494 e. The normalized spacial score (nSPS) is 10.9. The van der Waals surface area contributed by atoms with E-state index in [2.05, 4.69) is 9.97 Å². The van der Waals surface area contributed by atoms with Gasteiger partial charge in [0.2, 0.25) is 0 Å². The first-order valence-corrected chi connectivity index (χ1v) is 6.05. The van der Waals surface area contributed by atoms with Gasteiger partial charge >= 0.3 is 0 Å². The molecule has 1 N–H and O–H groups in total. The number of nitrogens with one attached hydrogen (secondary N) is 1. The average Bonchev–Trinajstić information content (AvgIpc) is 2.85. The number of rotatable bonds is 2. The van der Waals surface area contributed by atoms with Crippen molar-refractivity contribution < 1.29 is 9.13 Å². The molecule has 1 heterocycles. The minimum atomic E-state index is -0.581. The zero-order valence-corrected chi connectivity index (χ0v) is 10.8. The number of nitrogens with zero attached hydrogens (tertiary/aromatic N) is 1. The molecular formula is C14H10ClFN2O. The van der Waals surface area contributed by atoms with Crippen LogP contribution in [0.4, 0.5) is 4.39 Å². The third-order valence-corrected chi connectivity index (χ3v) is 3.28. The van der Waals surface area contributed by atoms with Crippen molar-refractivity contribution in [3.63, 3.8) is 0 Å². The molecule has 96 valence electrons. The van der Waals surface area contributed by atoms with Crippen molar-refractivity contribution >= 4 is 22.6 Å². The standard InChI is InChI=1S/C14H10ClFN2O/c1-19-11-7-6-8(12(15)13(11)16)14-17-9-4-2-3-5-10(9)18-14/h2-7H,1H3,(H,17,18). The molecule has 1 aromatic heterocycles. The van der Waals surface area contributed by atoms with Crippen LogP contribution in [0.2, 0.25) is 5.02 Å². The number of benzene rings is 2. The van der Waals surface area contributed by atoms with Gasteiger partial charge in [0.15, 0.2) is 11.6 Å². The number of methoxy groups -OCH3 is 1. The van der Waals surface area contributed by atoms with Gasteiger partial charge in [0, 0.05) is 5.56 Å². The Morgan fingerprint density at radius 2 is 2.00 bits per heavy atom. The number of fused-ring (bicyclic) bond motifs is 1. The lowest BCUT2D eigenvalue weighted by atomic mass is 10.2. The van der Waals surface area contributed by atoms with E-state index in [9.17, 15) is 4.39 Å². The summed E-state index contributed by atoms with van der Waals surface area (Å²) in [5.74, 6) is 0.0692. The van der Waals surface area contributed by atoms with E-state index >= 15 is 0 Å². The SMILES string of the molecule is COc1ccc(-c2nc3ccccc3[nH]2)c(Cl)c1F. The lowest BCUT2D eigenvalue weighted by molar-refractivity contribution is 0.387. The van der Waals surface area contributed by atoms with E-state index in [0.29, 0.717) is 11.4 Å². The third-order valence-electron chi connectivity index (χ3n) is 2.91. The predicted octanol–water partition coefficient (Wildman–Crippen LogP) is 4.03. The molecule has 0 aliphatic heterocycles. The number of aromatic nitrogens is 2. The smallest absolute Gasteiger partial charge is 0.184 e. The summed E-state index contributed by atoms with van der Waals surface area (Å²) in [6.45, 7) is 0. The number of imidazole rings is 1. The Kier molecular flexibility index (Phi) is 2.87. The highest BCUT2D eigenvalue weighted by Crippen LogP contribution is 2.34. The molecule has 0 saturated carbocycles. The quantitative estimate of drug-likeness (QED) is 0.767. The lowest BCUT2D eigenvalue weighted by Crippen LogP contribution is -1.91. The van der Waals surface area contributed by atoms with Gasteiger partial charge in [-0.3, -0.25) is 0 Å². The van der Waals surface area contributed by atoms with Crippen molar-refractivity contribution in [1.29, 1.82) is 0 Å². The Labute approximate surface area is 114 Å². The van der Waals surface area contributed by atoms with E-state index in [1.807, 2.05) is 24.3 Å². The summed E-state index contributed by atoms with van der Waals surface area (Å²) in [4.78, 5) is 7.51. The van der Waals surface area contributed by atoms with Crippen LogP contribution in [0.1, 0.15) is 0 Å². The van der Waals surface area contributed by atoms with Gasteiger partial charge in [-0.1, -0.05) is 23.7 Å². The summed E-state index contributed by atoms with van der Waals surface area (Å²) in [7, 11) is 1.40. The van der Waals surface area contributed by atoms with Gasteiger partial charge < -0.3 is 9.72 Å². The molecule has 0 fully saturated rings. The first-order chi connectivity index (χ1) is 9.20. The fourth-order valence-electron chi connectivity index (χ4n) is 1.95. The molecule has 0 aliphatic carbocycles. The second-order valence-electron chi connectivity index (χ2n) is 4.05. The maximum Gasteiger partial charge on any atom is 0.184 e. The summed E-state index contributed by atoms with van der Waals surface area (Å²) in [5.41, 5.74) is 2.20. The first kappa shape index (κ1) is 12.0. The van der Waals surface area contributed by atoms with Gasteiger partial charge in [0.1, 0.15) is 5.82 Å². The van der Waals surface area contributed by atoms with Crippen LogP contribution in [0, 0.1) is 5.82 Å². The molecular weight excluding hydrogens is 267 g/mol. The van der Waals surface area contributed by atoms with Crippen LogP contribution >= 0.6 is 11.6 Å². The second-order valence-corrected chi connectivity index (χ2v) is 4.42. The van der Waals surface area contributed by atoms with E-state index < -0.39 is 5.82 Å². The lowest BCUT2D eigenvalue weighted by Gasteiger charge is -2.06. The molecule has 3 rings (SSSR count). The van der Waals surface area contributed by atoms with Crippen molar-refractivity contribution in [2.45, 2.75) is 0 Å². The minimum absolute atomic E-state index is 0.00148. The van der Waals surface area contributed by atoms with E-state index in [-0.39, 0.29) is 10.8 Å². The first-order valence-electron chi connectivity index (χ1n) is 5.68. The molecule has 0 saturated heterocycles. The molecule has 3 aromatic rings. The van der Waals surface area contributed by atoms with Gasteiger partial charge in [-0.2, -0.15) is 0 Å². The van der Waals surface area contributed by atoms with Crippen molar-refractivity contribution in [3.8, 4) is 17.1 Å². The molecule has 0 unspecified atom stereocenters. The summed E-state index contributed by atoms with van der Waals surface area (Å²) < 4.78 is 18.8. The van der Waals surface area contributed by atoms with Crippen molar-refractivity contribution in [3.05, 3.63) is 47.2 Å².